The number of hydrogen-bond acceptors (Lipinski definition) is 2. The molecule has 0 spiro atoms. The average molecular weight is 313 g/mol. The second kappa shape index (κ2) is 5.04. The fourth-order valence-corrected chi connectivity index (χ4v) is 7.27. The maximum Gasteiger partial charge on any atom is 0.155 e. The van der Waals surface area contributed by atoms with Crippen LogP contribution in [0.3, 0.4) is 0 Å². The van der Waals surface area contributed by atoms with Gasteiger partial charge in [-0.05, 0) is 86.5 Å². The van der Waals surface area contributed by atoms with Crippen molar-refractivity contribution in [3.8, 4) is 0 Å². The number of allylic oxidation sites excluding steroid dienone is 1. The Balaban J connectivity index is 1.67. The van der Waals surface area contributed by atoms with Crippen LogP contribution in [0, 0.1) is 39.9 Å². The molecule has 2 nitrogen and oxygen atoms in total. The lowest BCUT2D eigenvalue weighted by molar-refractivity contribution is -0.117. The van der Waals surface area contributed by atoms with Gasteiger partial charge in [0.15, 0.2) is 5.78 Å². The van der Waals surface area contributed by atoms with Crippen LogP contribution < -0.4 is 0 Å². The second-order valence-corrected chi connectivity index (χ2v) is 9.33. The van der Waals surface area contributed by atoms with Crippen LogP contribution in [-0.4, -0.2) is 11.5 Å². The van der Waals surface area contributed by atoms with Crippen LogP contribution in [-0.2, 0) is 4.79 Å². The third-order valence-corrected chi connectivity index (χ3v) is 8.48. The van der Waals surface area contributed by atoms with Gasteiger partial charge in [-0.3, -0.25) is 4.79 Å². The largest absolute Gasteiger partial charge is 0.310 e. The van der Waals surface area contributed by atoms with E-state index in [0.29, 0.717) is 17.1 Å². The van der Waals surface area contributed by atoms with Gasteiger partial charge in [0.2, 0.25) is 0 Å². The molecule has 126 valence electrons. The van der Waals surface area contributed by atoms with E-state index in [4.69, 9.17) is 5.41 Å². The summed E-state index contributed by atoms with van der Waals surface area (Å²) in [5.74, 6) is 3.29. The molecule has 0 amide bonds. The molecule has 2 heteroatoms. The van der Waals surface area contributed by atoms with Crippen LogP contribution in [0.5, 0.6) is 0 Å². The molecule has 0 aromatic heterocycles. The summed E-state index contributed by atoms with van der Waals surface area (Å²) in [7, 11) is 0. The minimum atomic E-state index is 0.288. The maximum absolute atomic E-state index is 11.9. The monoisotopic (exact) mass is 313 g/mol. The van der Waals surface area contributed by atoms with Gasteiger partial charge in [-0.1, -0.05) is 19.4 Å². The summed E-state index contributed by atoms with van der Waals surface area (Å²) in [4.78, 5) is 11.9. The third-order valence-electron chi connectivity index (χ3n) is 8.48. The lowest BCUT2D eigenvalue weighted by atomic mass is 9.46. The van der Waals surface area contributed by atoms with E-state index < -0.39 is 0 Å². The Labute approximate surface area is 140 Å². The Bertz CT molecular complexity index is 591. The predicted octanol–water partition coefficient (Wildman–Crippen LogP) is 5.17. The molecule has 23 heavy (non-hydrogen) atoms. The SMILES string of the molecule is CC(=N)[C@H]1CC[C@H]2C3CCC4=CC(=O)CC[C@]4(C)C3CC[C@]12C. The van der Waals surface area contributed by atoms with E-state index in [9.17, 15) is 4.79 Å². The van der Waals surface area contributed by atoms with Crippen LogP contribution in [0.25, 0.3) is 0 Å². The number of carbonyl (C=O) groups excluding carboxylic acids is 1. The summed E-state index contributed by atoms with van der Waals surface area (Å²) < 4.78 is 0. The Kier molecular flexibility index (Phi) is 3.42. The first-order valence-corrected chi connectivity index (χ1v) is 9.65. The van der Waals surface area contributed by atoms with Gasteiger partial charge in [-0.15, -0.1) is 0 Å². The highest BCUT2D eigenvalue weighted by atomic mass is 16.1. The Morgan fingerprint density at radius 3 is 2.61 bits per heavy atom. The smallest absolute Gasteiger partial charge is 0.155 e. The van der Waals surface area contributed by atoms with Crippen molar-refractivity contribution in [1.29, 1.82) is 5.41 Å². The zero-order valence-corrected chi connectivity index (χ0v) is 15.0. The molecule has 0 saturated heterocycles. The van der Waals surface area contributed by atoms with E-state index in [2.05, 4.69) is 13.8 Å². The Hall–Kier alpha value is -0.920. The molecule has 4 aliphatic rings. The zero-order chi connectivity index (χ0) is 16.4. The molecular formula is C21H31NO. The molecular weight excluding hydrogens is 282 g/mol. The fourth-order valence-electron chi connectivity index (χ4n) is 7.27. The molecule has 6 atom stereocenters. The van der Waals surface area contributed by atoms with E-state index >= 15 is 0 Å². The van der Waals surface area contributed by atoms with Crippen molar-refractivity contribution in [2.45, 2.75) is 72.1 Å². The number of nitrogens with one attached hydrogen (secondary N) is 1. The van der Waals surface area contributed by atoms with Gasteiger partial charge in [0.25, 0.3) is 0 Å². The molecule has 0 aliphatic heterocycles. The Morgan fingerprint density at radius 1 is 1.09 bits per heavy atom. The van der Waals surface area contributed by atoms with Crippen LogP contribution in [0.2, 0.25) is 0 Å². The zero-order valence-electron chi connectivity index (χ0n) is 15.0. The van der Waals surface area contributed by atoms with Crippen molar-refractivity contribution in [2.24, 2.45) is 34.5 Å². The topological polar surface area (TPSA) is 40.9 Å². The average Bonchev–Trinajstić information content (AvgIpc) is 2.85. The van der Waals surface area contributed by atoms with Crippen molar-refractivity contribution in [1.82, 2.24) is 0 Å². The molecule has 0 radical (unpaired) electrons. The van der Waals surface area contributed by atoms with E-state index in [1.54, 1.807) is 0 Å². The minimum absolute atomic E-state index is 0.288. The first kappa shape index (κ1) is 15.6. The number of carbonyl (C=O) groups is 1. The third kappa shape index (κ3) is 2.06. The lowest BCUT2D eigenvalue weighted by Gasteiger charge is -2.58. The molecule has 4 rings (SSSR count). The van der Waals surface area contributed by atoms with Gasteiger partial charge in [0, 0.05) is 18.1 Å². The van der Waals surface area contributed by atoms with E-state index in [1.807, 2.05) is 13.0 Å². The van der Waals surface area contributed by atoms with Crippen molar-refractivity contribution >= 4 is 11.5 Å². The highest BCUT2D eigenvalue weighted by molar-refractivity contribution is 5.91. The lowest BCUT2D eigenvalue weighted by Crippen LogP contribution is -2.51. The van der Waals surface area contributed by atoms with Gasteiger partial charge in [-0.2, -0.15) is 0 Å². The van der Waals surface area contributed by atoms with Crippen LogP contribution in [0.4, 0.5) is 0 Å². The molecule has 0 heterocycles. The number of fused-ring (bicyclic) bond motifs is 5. The van der Waals surface area contributed by atoms with Crippen LogP contribution in [0.15, 0.2) is 11.6 Å². The summed E-state index contributed by atoms with van der Waals surface area (Å²) in [6.45, 7) is 6.97. The summed E-state index contributed by atoms with van der Waals surface area (Å²) in [6, 6.07) is 0. The highest BCUT2D eigenvalue weighted by Crippen LogP contribution is 2.66. The second-order valence-electron chi connectivity index (χ2n) is 9.33. The van der Waals surface area contributed by atoms with Gasteiger partial charge in [-0.25, -0.2) is 0 Å². The first-order chi connectivity index (χ1) is 10.9. The summed E-state index contributed by atoms with van der Waals surface area (Å²) in [5, 5.41) is 8.23. The standard InChI is InChI=1S/C21H31NO/c1-13(22)17-6-7-18-16-5-4-14-12-15(23)8-10-20(14,2)19(16)9-11-21(17,18)3/h12,16-19,22H,4-11H2,1-3H3/t16?,17-,18+,19?,20+,21-/m1/s1. The molecule has 1 N–H and O–H groups in total. The fraction of sp³-hybridized carbons (Fsp3) is 0.810. The summed E-state index contributed by atoms with van der Waals surface area (Å²) in [5.41, 5.74) is 3.04. The predicted molar refractivity (Wildman–Crippen MR) is 93.6 cm³/mol. The van der Waals surface area contributed by atoms with Gasteiger partial charge in [0.1, 0.15) is 0 Å². The normalized spacial score (nSPS) is 49.0. The van der Waals surface area contributed by atoms with E-state index in [1.165, 1.54) is 37.7 Å². The minimum Gasteiger partial charge on any atom is -0.310 e. The van der Waals surface area contributed by atoms with Gasteiger partial charge >= 0.3 is 0 Å². The van der Waals surface area contributed by atoms with Crippen LogP contribution in [0.1, 0.15) is 72.1 Å². The van der Waals surface area contributed by atoms with Crippen molar-refractivity contribution in [3.63, 3.8) is 0 Å². The molecule has 3 fully saturated rings. The van der Waals surface area contributed by atoms with Crippen molar-refractivity contribution in [2.75, 3.05) is 0 Å². The molecule has 0 aromatic carbocycles. The molecule has 3 saturated carbocycles. The summed E-state index contributed by atoms with van der Waals surface area (Å²) in [6.07, 6.45) is 11.4. The molecule has 4 aliphatic carbocycles. The number of ketones is 1. The van der Waals surface area contributed by atoms with E-state index in [-0.39, 0.29) is 5.41 Å². The van der Waals surface area contributed by atoms with Gasteiger partial charge in [0.05, 0.1) is 0 Å². The van der Waals surface area contributed by atoms with E-state index in [0.717, 1.165) is 42.7 Å². The number of hydrogen-bond donors (Lipinski definition) is 1. The Morgan fingerprint density at radius 2 is 1.87 bits per heavy atom. The molecule has 0 bridgehead atoms. The molecule has 0 aromatic rings. The molecule has 2 unspecified atom stereocenters. The highest BCUT2D eigenvalue weighted by Gasteiger charge is 2.59. The quantitative estimate of drug-likeness (QED) is 0.666. The van der Waals surface area contributed by atoms with Crippen molar-refractivity contribution in [3.05, 3.63) is 11.6 Å². The van der Waals surface area contributed by atoms with Crippen molar-refractivity contribution < 1.29 is 4.79 Å². The maximum atomic E-state index is 11.9. The summed E-state index contributed by atoms with van der Waals surface area (Å²) >= 11 is 0. The first-order valence-electron chi connectivity index (χ1n) is 9.65. The van der Waals surface area contributed by atoms with Gasteiger partial charge < -0.3 is 5.41 Å². The number of rotatable bonds is 1. The van der Waals surface area contributed by atoms with Crippen LogP contribution >= 0.6 is 0 Å².